The molecule has 0 aromatic heterocycles. The van der Waals surface area contributed by atoms with Gasteiger partial charge in [0.05, 0.1) is 25.4 Å². The number of allylic oxidation sites excluding steroid dienone is 2. The summed E-state index contributed by atoms with van der Waals surface area (Å²) in [7, 11) is 0. The van der Waals surface area contributed by atoms with Gasteiger partial charge in [-0.15, -0.1) is 0 Å². The lowest BCUT2D eigenvalue weighted by atomic mass is 10.0. The molecule has 0 aliphatic carbocycles. The highest BCUT2D eigenvalue weighted by molar-refractivity contribution is 5.76. The Morgan fingerprint density at radius 2 is 0.560 bits per heavy atom. The molecule has 0 aliphatic heterocycles. The maximum atomic E-state index is 12.6. The van der Waals surface area contributed by atoms with E-state index in [2.05, 4.69) is 31.3 Å². The number of hydrogen-bond acceptors (Lipinski definition) is 5. The first-order valence-electron chi connectivity index (χ1n) is 38.9. The van der Waals surface area contributed by atoms with Crippen LogP contribution in [-0.2, 0) is 14.3 Å². The minimum absolute atomic E-state index is 0.0219. The Labute approximate surface area is 527 Å². The maximum absolute atomic E-state index is 12.6. The van der Waals surface area contributed by atoms with Crippen molar-refractivity contribution < 1.29 is 24.5 Å². The molecule has 2 atom stereocenters. The highest BCUT2D eigenvalue weighted by atomic mass is 16.5. The second kappa shape index (κ2) is 74.1. The van der Waals surface area contributed by atoms with Gasteiger partial charge in [-0.25, -0.2) is 0 Å². The third-order valence-electron chi connectivity index (χ3n) is 18.6. The molecule has 0 bridgehead atoms. The van der Waals surface area contributed by atoms with Crippen molar-refractivity contribution in [2.24, 2.45) is 0 Å². The highest BCUT2D eigenvalue weighted by Crippen LogP contribution is 2.20. The Morgan fingerprint density at radius 1 is 0.321 bits per heavy atom. The van der Waals surface area contributed by atoms with E-state index in [0.717, 1.165) is 38.5 Å². The molecule has 0 heterocycles. The first kappa shape index (κ1) is 82.6. The number of amides is 1. The van der Waals surface area contributed by atoms with Gasteiger partial charge in [-0.3, -0.25) is 9.59 Å². The summed E-state index contributed by atoms with van der Waals surface area (Å²) in [6.07, 6.45) is 92.9. The minimum Gasteiger partial charge on any atom is -0.466 e. The Hall–Kier alpha value is -1.40. The van der Waals surface area contributed by atoms with Crippen LogP contribution in [0.1, 0.15) is 450 Å². The van der Waals surface area contributed by atoms with E-state index in [9.17, 15) is 19.8 Å². The number of carbonyl (C=O) groups excluding carboxylic acids is 2. The van der Waals surface area contributed by atoms with Gasteiger partial charge in [0.15, 0.2) is 0 Å². The van der Waals surface area contributed by atoms with Crippen LogP contribution in [0.2, 0.25) is 0 Å². The van der Waals surface area contributed by atoms with Crippen molar-refractivity contribution in [3.8, 4) is 0 Å². The van der Waals surface area contributed by atoms with Crippen molar-refractivity contribution in [1.82, 2.24) is 5.32 Å². The zero-order chi connectivity index (χ0) is 60.6. The lowest BCUT2D eigenvalue weighted by Crippen LogP contribution is -2.45. The number of aliphatic hydroxyl groups excluding tert-OH is 2. The second-order valence-electron chi connectivity index (χ2n) is 27.0. The van der Waals surface area contributed by atoms with E-state index in [0.29, 0.717) is 25.9 Å². The van der Waals surface area contributed by atoms with E-state index in [1.165, 1.54) is 379 Å². The summed E-state index contributed by atoms with van der Waals surface area (Å²) >= 11 is 0. The van der Waals surface area contributed by atoms with E-state index in [-0.39, 0.29) is 18.5 Å². The minimum atomic E-state index is -0.663. The fraction of sp³-hybridized carbons (Fsp3) is 0.949. The van der Waals surface area contributed by atoms with Crippen LogP contribution in [0, 0.1) is 0 Å². The largest absolute Gasteiger partial charge is 0.466 e. The quantitative estimate of drug-likeness (QED) is 0.0320. The van der Waals surface area contributed by atoms with Gasteiger partial charge in [-0.2, -0.15) is 0 Å². The van der Waals surface area contributed by atoms with Gasteiger partial charge in [0, 0.05) is 12.8 Å². The Morgan fingerprint density at radius 3 is 0.845 bits per heavy atom. The van der Waals surface area contributed by atoms with Gasteiger partial charge in [0.25, 0.3) is 0 Å². The van der Waals surface area contributed by atoms with Crippen LogP contribution in [0.15, 0.2) is 12.2 Å². The smallest absolute Gasteiger partial charge is 0.305 e. The van der Waals surface area contributed by atoms with Gasteiger partial charge in [0.2, 0.25) is 5.91 Å². The summed E-state index contributed by atoms with van der Waals surface area (Å²) in [5.74, 6) is -0.00548. The van der Waals surface area contributed by atoms with E-state index in [1.807, 2.05) is 0 Å². The van der Waals surface area contributed by atoms with Crippen molar-refractivity contribution in [2.45, 2.75) is 463 Å². The van der Waals surface area contributed by atoms with Crippen LogP contribution < -0.4 is 5.32 Å². The molecule has 1 amide bonds. The molecule has 3 N–H and O–H groups in total. The molecule has 0 saturated carbocycles. The second-order valence-corrected chi connectivity index (χ2v) is 27.0. The van der Waals surface area contributed by atoms with Crippen molar-refractivity contribution in [3.63, 3.8) is 0 Å². The topological polar surface area (TPSA) is 95.9 Å². The lowest BCUT2D eigenvalue weighted by Gasteiger charge is -2.22. The van der Waals surface area contributed by atoms with Crippen molar-refractivity contribution >= 4 is 11.9 Å². The van der Waals surface area contributed by atoms with Crippen molar-refractivity contribution in [1.29, 1.82) is 0 Å². The maximum Gasteiger partial charge on any atom is 0.305 e. The molecule has 0 radical (unpaired) electrons. The molecule has 500 valence electrons. The van der Waals surface area contributed by atoms with Crippen LogP contribution in [0.3, 0.4) is 0 Å². The molecular weight excluding hydrogens is 1030 g/mol. The van der Waals surface area contributed by atoms with Crippen LogP contribution in [0.5, 0.6) is 0 Å². The fourth-order valence-corrected chi connectivity index (χ4v) is 12.6. The predicted molar refractivity (Wildman–Crippen MR) is 370 cm³/mol. The number of unbranched alkanes of at least 4 members (excludes halogenated alkanes) is 61. The molecule has 2 unspecified atom stereocenters. The molecule has 0 aromatic rings. The third-order valence-corrected chi connectivity index (χ3v) is 18.6. The number of carbonyl (C=O) groups is 2. The van der Waals surface area contributed by atoms with Crippen LogP contribution in [-0.4, -0.2) is 47.4 Å². The average Bonchev–Trinajstić information content (AvgIpc) is 3.53. The molecule has 0 saturated heterocycles. The van der Waals surface area contributed by atoms with Crippen LogP contribution >= 0.6 is 0 Å². The highest BCUT2D eigenvalue weighted by Gasteiger charge is 2.20. The molecule has 84 heavy (non-hydrogen) atoms. The molecule has 0 fully saturated rings. The van der Waals surface area contributed by atoms with Crippen LogP contribution in [0.4, 0.5) is 0 Å². The van der Waals surface area contributed by atoms with E-state index < -0.39 is 12.1 Å². The number of aliphatic hydroxyl groups is 2. The normalized spacial score (nSPS) is 12.5. The van der Waals surface area contributed by atoms with Gasteiger partial charge in [0.1, 0.15) is 0 Å². The number of esters is 1. The van der Waals surface area contributed by atoms with E-state index in [4.69, 9.17) is 4.74 Å². The number of nitrogens with one attached hydrogen (secondary N) is 1. The summed E-state index contributed by atoms with van der Waals surface area (Å²) in [6.45, 7) is 5.01. The molecule has 6 heteroatoms. The van der Waals surface area contributed by atoms with Crippen molar-refractivity contribution in [2.75, 3.05) is 13.2 Å². The molecule has 6 nitrogen and oxygen atoms in total. The standard InChI is InChI=1S/C78H153NO5/c1-3-5-7-9-11-13-15-17-19-20-21-33-36-39-43-46-50-54-58-62-66-70-76(81)75(74-80)79-77(82)71-67-63-59-55-51-47-44-40-37-34-31-29-27-25-23-22-24-26-28-30-32-35-38-41-45-49-53-57-61-65-69-73-84-78(83)72-68-64-60-56-52-48-42-18-16-14-12-10-8-6-4-2/h24,26,75-76,80-81H,3-23,25,27-74H2,1-2H3,(H,79,82)/b26-24-. The molecule has 0 aromatic carbocycles. The summed E-state index contributed by atoms with van der Waals surface area (Å²) in [5.41, 5.74) is 0. The Balaban J connectivity index is 3.35. The molecule has 0 rings (SSSR count). The first-order chi connectivity index (χ1) is 41.5. The fourth-order valence-electron chi connectivity index (χ4n) is 12.6. The van der Waals surface area contributed by atoms with Crippen LogP contribution in [0.25, 0.3) is 0 Å². The van der Waals surface area contributed by atoms with Gasteiger partial charge >= 0.3 is 5.97 Å². The molecule has 0 spiro atoms. The summed E-state index contributed by atoms with van der Waals surface area (Å²) in [6, 6.07) is -0.540. The zero-order valence-electron chi connectivity index (χ0n) is 57.4. The van der Waals surface area contributed by atoms with Gasteiger partial charge in [-0.05, 0) is 51.4 Å². The number of rotatable bonds is 74. The first-order valence-corrected chi connectivity index (χ1v) is 38.9. The number of hydrogen-bond donors (Lipinski definition) is 3. The van der Waals surface area contributed by atoms with Crippen molar-refractivity contribution in [3.05, 3.63) is 12.2 Å². The van der Waals surface area contributed by atoms with Gasteiger partial charge in [-0.1, -0.05) is 398 Å². The Bertz CT molecular complexity index is 1270. The van der Waals surface area contributed by atoms with Gasteiger partial charge < -0.3 is 20.3 Å². The monoisotopic (exact) mass is 1180 g/mol. The third kappa shape index (κ3) is 69.7. The molecule has 0 aliphatic rings. The SMILES string of the molecule is CCCCCCCCCCCCCCCCCCCCCCCC(O)C(CO)NC(=O)CCCCCCCCCCCCCCCCC/C=C\CCCCCCCCCCCCCCOC(=O)CCCCCCCCCCCCCCCCC. The lowest BCUT2D eigenvalue weighted by molar-refractivity contribution is -0.143. The summed E-state index contributed by atoms with van der Waals surface area (Å²) in [4.78, 5) is 24.6. The Kier molecular flexibility index (Phi) is 72.8. The number of ether oxygens (including phenoxy) is 1. The summed E-state index contributed by atoms with van der Waals surface area (Å²) < 4.78 is 5.50. The predicted octanol–water partition coefficient (Wildman–Crippen LogP) is 25.5. The zero-order valence-corrected chi connectivity index (χ0v) is 57.4. The molecular formula is C78H153NO5. The summed E-state index contributed by atoms with van der Waals surface area (Å²) in [5, 5.41) is 23.4. The average molecular weight is 1190 g/mol. The van der Waals surface area contributed by atoms with E-state index in [1.54, 1.807) is 0 Å². The van der Waals surface area contributed by atoms with E-state index >= 15 is 0 Å².